The van der Waals surface area contributed by atoms with Crippen molar-refractivity contribution < 1.29 is 26.3 Å². The third-order valence-corrected chi connectivity index (χ3v) is 4.28. The molecule has 30 heavy (non-hydrogen) atoms. The number of rotatable bonds is 7. The molecule has 1 atom stereocenters. The zero-order chi connectivity index (χ0) is 21.5. The summed E-state index contributed by atoms with van der Waals surface area (Å²) in [6.45, 7) is 0.748. The summed E-state index contributed by atoms with van der Waals surface area (Å²) in [4.78, 5) is 9.13. The number of hydrogen-bond donors (Lipinski definition) is 3. The predicted octanol–water partition coefficient (Wildman–Crippen LogP) is 3.32. The largest absolute Gasteiger partial charge is 0.417 e. The lowest BCUT2D eigenvalue weighted by Gasteiger charge is -2.19. The molecular formula is C17H25F6IN6. The minimum atomic E-state index is -4.42. The smallest absolute Gasteiger partial charge is 0.370 e. The zero-order valence-corrected chi connectivity index (χ0v) is 18.6. The van der Waals surface area contributed by atoms with Crippen molar-refractivity contribution >= 4 is 35.8 Å². The number of anilines is 1. The van der Waals surface area contributed by atoms with Gasteiger partial charge in [-0.3, -0.25) is 9.89 Å². The van der Waals surface area contributed by atoms with Crippen LogP contribution in [0.1, 0.15) is 18.4 Å². The molecule has 0 aromatic carbocycles. The van der Waals surface area contributed by atoms with Gasteiger partial charge in [-0.1, -0.05) is 0 Å². The average molecular weight is 554 g/mol. The van der Waals surface area contributed by atoms with Gasteiger partial charge < -0.3 is 16.0 Å². The van der Waals surface area contributed by atoms with E-state index in [0.717, 1.165) is 12.3 Å². The van der Waals surface area contributed by atoms with Gasteiger partial charge in [0.25, 0.3) is 0 Å². The molecule has 0 radical (unpaired) electrons. The second-order valence-electron chi connectivity index (χ2n) is 6.69. The van der Waals surface area contributed by atoms with Gasteiger partial charge in [0, 0.05) is 45.5 Å². The van der Waals surface area contributed by atoms with E-state index in [1.807, 2.05) is 0 Å². The Morgan fingerprint density at radius 2 is 1.93 bits per heavy atom. The van der Waals surface area contributed by atoms with Crippen LogP contribution in [0.3, 0.4) is 0 Å². The third kappa shape index (κ3) is 9.53. The summed E-state index contributed by atoms with van der Waals surface area (Å²) in [5.41, 5.74) is -0.805. The first-order valence-corrected chi connectivity index (χ1v) is 9.10. The van der Waals surface area contributed by atoms with E-state index in [1.54, 1.807) is 7.05 Å². The van der Waals surface area contributed by atoms with Crippen molar-refractivity contribution in [2.45, 2.75) is 31.2 Å². The molecule has 1 fully saturated rings. The average Bonchev–Trinajstić information content (AvgIpc) is 3.05. The van der Waals surface area contributed by atoms with Gasteiger partial charge in [0.05, 0.1) is 12.1 Å². The maximum absolute atomic E-state index is 12.5. The van der Waals surface area contributed by atoms with Crippen LogP contribution in [0.25, 0.3) is 0 Å². The van der Waals surface area contributed by atoms with Crippen LogP contribution in [0, 0.1) is 0 Å². The van der Waals surface area contributed by atoms with E-state index < -0.39 is 24.5 Å². The van der Waals surface area contributed by atoms with E-state index in [0.29, 0.717) is 50.8 Å². The molecule has 13 heteroatoms. The summed E-state index contributed by atoms with van der Waals surface area (Å²) in [6.07, 6.45) is -6.62. The number of alkyl halides is 6. The molecule has 1 saturated heterocycles. The lowest BCUT2D eigenvalue weighted by atomic mass is 10.3. The van der Waals surface area contributed by atoms with Gasteiger partial charge in [-0.2, -0.15) is 26.3 Å². The van der Waals surface area contributed by atoms with E-state index in [2.05, 4.69) is 25.9 Å². The van der Waals surface area contributed by atoms with Crippen molar-refractivity contribution in [2.24, 2.45) is 4.99 Å². The molecule has 2 rings (SSSR count). The number of hydrogen-bond acceptors (Lipinski definition) is 4. The molecule has 6 nitrogen and oxygen atoms in total. The van der Waals surface area contributed by atoms with Gasteiger partial charge in [0.15, 0.2) is 5.96 Å². The van der Waals surface area contributed by atoms with Crippen molar-refractivity contribution in [1.82, 2.24) is 20.5 Å². The summed E-state index contributed by atoms with van der Waals surface area (Å²) in [5, 5.41) is 9.09. The Kier molecular flexibility index (Phi) is 10.4. The Labute approximate surface area is 187 Å². The van der Waals surface area contributed by atoms with Gasteiger partial charge >= 0.3 is 12.4 Å². The monoisotopic (exact) mass is 554 g/mol. The minimum Gasteiger partial charge on any atom is -0.370 e. The molecule has 0 bridgehead atoms. The Balaban J connectivity index is 0.00000450. The quantitative estimate of drug-likeness (QED) is 0.159. The molecule has 0 aliphatic carbocycles. The first kappa shape index (κ1) is 26.5. The molecule has 0 spiro atoms. The van der Waals surface area contributed by atoms with Crippen LogP contribution in [-0.4, -0.2) is 67.8 Å². The van der Waals surface area contributed by atoms with Crippen LogP contribution in [0.15, 0.2) is 23.3 Å². The summed E-state index contributed by atoms with van der Waals surface area (Å²) < 4.78 is 74.8. The highest BCUT2D eigenvalue weighted by atomic mass is 127. The molecule has 3 N–H and O–H groups in total. The number of guanidine groups is 1. The van der Waals surface area contributed by atoms with E-state index in [1.165, 1.54) is 11.0 Å². The van der Waals surface area contributed by atoms with Crippen LogP contribution in [0.5, 0.6) is 0 Å². The van der Waals surface area contributed by atoms with E-state index in [-0.39, 0.29) is 30.0 Å². The molecule has 1 aliphatic heterocycles. The third-order valence-electron chi connectivity index (χ3n) is 4.28. The maximum Gasteiger partial charge on any atom is 0.417 e. The molecule has 1 aliphatic rings. The molecular weight excluding hydrogens is 529 g/mol. The van der Waals surface area contributed by atoms with Crippen LogP contribution in [-0.2, 0) is 6.18 Å². The SMILES string of the molecule is CN=C(NCCCNc1ccc(C(F)(F)F)cn1)NC1CCN(CC(F)(F)F)C1.I. The molecule has 1 aromatic heterocycles. The Hall–Kier alpha value is -1.51. The van der Waals surface area contributed by atoms with Crippen molar-refractivity contribution in [3.05, 3.63) is 23.9 Å². The molecule has 1 unspecified atom stereocenters. The second kappa shape index (κ2) is 11.8. The number of nitrogens with one attached hydrogen (secondary N) is 3. The van der Waals surface area contributed by atoms with E-state index >= 15 is 0 Å². The topological polar surface area (TPSA) is 64.6 Å². The fourth-order valence-electron chi connectivity index (χ4n) is 2.91. The van der Waals surface area contributed by atoms with Gasteiger partial charge in [-0.25, -0.2) is 4.98 Å². The molecule has 2 heterocycles. The first-order chi connectivity index (χ1) is 13.6. The van der Waals surface area contributed by atoms with Crippen molar-refractivity contribution in [3.63, 3.8) is 0 Å². The number of likely N-dealkylation sites (tertiary alicyclic amines) is 1. The van der Waals surface area contributed by atoms with Crippen molar-refractivity contribution in [2.75, 3.05) is 45.1 Å². The Morgan fingerprint density at radius 3 is 2.50 bits per heavy atom. The summed E-state index contributed by atoms with van der Waals surface area (Å²) in [6, 6.07) is 2.12. The van der Waals surface area contributed by atoms with Gasteiger partial charge in [0.2, 0.25) is 0 Å². The van der Waals surface area contributed by atoms with Gasteiger partial charge in [0.1, 0.15) is 5.82 Å². The van der Waals surface area contributed by atoms with Crippen LogP contribution in [0.2, 0.25) is 0 Å². The highest BCUT2D eigenvalue weighted by Gasteiger charge is 2.34. The number of aliphatic imine (C=N–C) groups is 1. The number of halogens is 7. The van der Waals surface area contributed by atoms with Crippen LogP contribution >= 0.6 is 24.0 Å². The normalized spacial score (nSPS) is 18.1. The second-order valence-corrected chi connectivity index (χ2v) is 6.69. The molecule has 172 valence electrons. The molecule has 0 amide bonds. The Bertz CT molecular complexity index is 664. The summed E-state index contributed by atoms with van der Waals surface area (Å²) in [5.74, 6) is 0.840. The van der Waals surface area contributed by atoms with E-state index in [4.69, 9.17) is 0 Å². The number of pyridine rings is 1. The minimum absolute atomic E-state index is 0. The van der Waals surface area contributed by atoms with Crippen molar-refractivity contribution in [1.29, 1.82) is 0 Å². The fraction of sp³-hybridized carbons (Fsp3) is 0.647. The number of aromatic nitrogens is 1. The predicted molar refractivity (Wildman–Crippen MR) is 113 cm³/mol. The summed E-state index contributed by atoms with van der Waals surface area (Å²) >= 11 is 0. The maximum atomic E-state index is 12.5. The van der Waals surface area contributed by atoms with Crippen LogP contribution in [0.4, 0.5) is 32.2 Å². The summed E-state index contributed by atoms with van der Waals surface area (Å²) in [7, 11) is 1.57. The van der Waals surface area contributed by atoms with Crippen LogP contribution < -0.4 is 16.0 Å². The molecule has 0 saturated carbocycles. The van der Waals surface area contributed by atoms with Gasteiger partial charge in [-0.15, -0.1) is 24.0 Å². The van der Waals surface area contributed by atoms with Gasteiger partial charge in [-0.05, 0) is 25.0 Å². The Morgan fingerprint density at radius 1 is 1.20 bits per heavy atom. The highest BCUT2D eigenvalue weighted by molar-refractivity contribution is 14.0. The van der Waals surface area contributed by atoms with E-state index in [9.17, 15) is 26.3 Å². The standard InChI is InChI=1S/C17H24F6N6.HI/c1-24-15(28-13-5-8-29(10-13)11-16(18,19)20)26-7-2-6-25-14-4-3-12(9-27-14)17(21,22)23;/h3-4,9,13H,2,5-8,10-11H2,1H3,(H,25,27)(H2,24,26,28);1H. The first-order valence-electron chi connectivity index (χ1n) is 9.10. The molecule has 1 aromatic rings. The zero-order valence-electron chi connectivity index (χ0n) is 16.3. The lowest BCUT2D eigenvalue weighted by molar-refractivity contribution is -0.143. The van der Waals surface area contributed by atoms with Crippen molar-refractivity contribution in [3.8, 4) is 0 Å². The number of nitrogens with zero attached hydrogens (tertiary/aromatic N) is 3. The highest BCUT2D eigenvalue weighted by Crippen LogP contribution is 2.28. The fourth-order valence-corrected chi connectivity index (χ4v) is 2.91. The lowest BCUT2D eigenvalue weighted by Crippen LogP contribution is -2.45.